The molecule has 2 unspecified atom stereocenters. The molecule has 3 nitrogen and oxygen atoms in total. The van der Waals surface area contributed by atoms with Crippen LogP contribution < -0.4 is 19.9 Å². The first-order chi connectivity index (χ1) is 33.8. The van der Waals surface area contributed by atoms with Gasteiger partial charge in [0.05, 0.1) is 36.4 Å². The van der Waals surface area contributed by atoms with Gasteiger partial charge in [-0.2, -0.15) is 0 Å². The van der Waals surface area contributed by atoms with Crippen LogP contribution in [0.5, 0.6) is 0 Å². The van der Waals surface area contributed by atoms with Gasteiger partial charge in [0, 0.05) is 43.1 Å². The molecule has 0 saturated heterocycles. The number of anilines is 7. The first-order valence-electron chi connectivity index (χ1n) is 23.8. The highest BCUT2D eigenvalue weighted by Crippen LogP contribution is 2.53. The summed E-state index contributed by atoms with van der Waals surface area (Å²) in [6.07, 6.45) is 11.7. The lowest BCUT2D eigenvalue weighted by molar-refractivity contribution is 0.769. The van der Waals surface area contributed by atoms with Gasteiger partial charge in [0.1, 0.15) is 0 Å². The van der Waals surface area contributed by atoms with Crippen LogP contribution in [0.4, 0.5) is 39.8 Å². The SMILES string of the molecule is C[Si](C)(C)c1ccc2cc(-c3ccc4c(c3)N(c3ccccc3)c3cc(/C=C/c5ccc6c(c5)N(c5ccccc5)C5C=C(N(c7ccccc7)c7ccccc7)C=CC5S6)ccc3S4)ccc2c1. The maximum absolute atomic E-state index is 2.55. The minimum atomic E-state index is -1.41. The summed E-state index contributed by atoms with van der Waals surface area (Å²) >= 11 is 3.81. The summed E-state index contributed by atoms with van der Waals surface area (Å²) in [7, 11) is -1.41. The smallest absolute Gasteiger partial charge is 0.0776 e. The Kier molecular flexibility index (Phi) is 11.3. The molecule has 0 amide bonds. The Labute approximate surface area is 415 Å². The lowest BCUT2D eigenvalue weighted by atomic mass is 9.99. The molecule has 1 aliphatic carbocycles. The third-order valence-electron chi connectivity index (χ3n) is 13.4. The average Bonchev–Trinajstić information content (AvgIpc) is 3.39. The van der Waals surface area contributed by atoms with Gasteiger partial charge in [0.2, 0.25) is 0 Å². The van der Waals surface area contributed by atoms with Crippen molar-refractivity contribution in [1.29, 1.82) is 0 Å². The zero-order valence-electron chi connectivity index (χ0n) is 38.9. The predicted octanol–water partition coefficient (Wildman–Crippen LogP) is 17.4. The van der Waals surface area contributed by atoms with Crippen molar-refractivity contribution < 1.29 is 0 Å². The Balaban J connectivity index is 0.883. The van der Waals surface area contributed by atoms with Gasteiger partial charge in [-0.05, 0) is 136 Å². The molecule has 0 radical (unpaired) electrons. The highest BCUT2D eigenvalue weighted by molar-refractivity contribution is 8.00. The van der Waals surface area contributed by atoms with Gasteiger partial charge in [-0.15, -0.1) is 11.8 Å². The average molecular weight is 942 g/mol. The number of allylic oxidation sites excluding steroid dienone is 1. The molecule has 0 bridgehead atoms. The second-order valence-electron chi connectivity index (χ2n) is 19.0. The first kappa shape index (κ1) is 43.1. The van der Waals surface area contributed by atoms with E-state index >= 15 is 0 Å². The molecule has 3 aliphatic rings. The van der Waals surface area contributed by atoms with Crippen LogP contribution in [0, 0.1) is 0 Å². The van der Waals surface area contributed by atoms with Crippen molar-refractivity contribution in [3.8, 4) is 11.1 Å². The molecule has 9 aromatic carbocycles. The molecule has 2 atom stereocenters. The van der Waals surface area contributed by atoms with Crippen molar-refractivity contribution >= 4 is 99.5 Å². The van der Waals surface area contributed by atoms with Gasteiger partial charge in [-0.3, -0.25) is 0 Å². The van der Waals surface area contributed by atoms with Gasteiger partial charge in [-0.1, -0.05) is 176 Å². The fraction of sp³-hybridized carbons (Fsp3) is 0.0794. The molecule has 0 saturated carbocycles. The number of thioether (sulfide) groups is 1. The maximum Gasteiger partial charge on any atom is 0.0776 e. The van der Waals surface area contributed by atoms with Crippen LogP contribution in [0.1, 0.15) is 11.1 Å². The van der Waals surface area contributed by atoms with E-state index in [-0.39, 0.29) is 11.3 Å². The van der Waals surface area contributed by atoms with E-state index in [9.17, 15) is 0 Å². The third-order valence-corrected chi connectivity index (χ3v) is 17.9. The largest absolute Gasteiger partial charge is 0.332 e. The third kappa shape index (κ3) is 8.43. The van der Waals surface area contributed by atoms with Crippen LogP contribution in [-0.4, -0.2) is 19.4 Å². The predicted molar refractivity (Wildman–Crippen MR) is 301 cm³/mol. The van der Waals surface area contributed by atoms with Crippen LogP contribution in [0.15, 0.2) is 251 Å². The van der Waals surface area contributed by atoms with Crippen LogP contribution in [0.2, 0.25) is 19.6 Å². The molecule has 0 aromatic heterocycles. The molecule has 0 N–H and O–H groups in total. The summed E-state index contributed by atoms with van der Waals surface area (Å²) < 4.78 is 0. The molecule has 12 rings (SSSR count). The lowest BCUT2D eigenvalue weighted by Crippen LogP contribution is -2.42. The summed E-state index contributed by atoms with van der Waals surface area (Å²) in [5.74, 6) is 0. The highest BCUT2D eigenvalue weighted by atomic mass is 32.2. The second kappa shape index (κ2) is 18.0. The Morgan fingerprint density at radius 3 is 1.70 bits per heavy atom. The number of para-hydroxylation sites is 4. The van der Waals surface area contributed by atoms with Gasteiger partial charge < -0.3 is 14.7 Å². The van der Waals surface area contributed by atoms with E-state index in [1.807, 2.05) is 23.5 Å². The molecule has 2 heterocycles. The topological polar surface area (TPSA) is 9.72 Å². The monoisotopic (exact) mass is 941 g/mol. The Bertz CT molecular complexity index is 3420. The van der Waals surface area contributed by atoms with Crippen molar-refractivity contribution in [2.24, 2.45) is 0 Å². The van der Waals surface area contributed by atoms with E-state index in [2.05, 4.69) is 277 Å². The fourth-order valence-electron chi connectivity index (χ4n) is 9.89. The molecular formula is C63H51N3S2Si. The van der Waals surface area contributed by atoms with Crippen LogP contribution >= 0.6 is 23.5 Å². The minimum absolute atomic E-state index is 0.0915. The zero-order valence-corrected chi connectivity index (χ0v) is 41.5. The van der Waals surface area contributed by atoms with Crippen molar-refractivity contribution in [2.45, 2.75) is 45.6 Å². The van der Waals surface area contributed by atoms with E-state index in [0.717, 1.165) is 33.9 Å². The number of hydrogen-bond donors (Lipinski definition) is 0. The van der Waals surface area contributed by atoms with Crippen molar-refractivity contribution in [3.63, 3.8) is 0 Å². The zero-order chi connectivity index (χ0) is 46.5. The molecule has 2 aliphatic heterocycles. The normalized spacial score (nSPS) is 16.1. The van der Waals surface area contributed by atoms with Crippen LogP contribution in [0.25, 0.3) is 34.1 Å². The summed E-state index contributed by atoms with van der Waals surface area (Å²) in [5, 5.41) is 4.33. The number of nitrogens with zero attached hydrogens (tertiary/aromatic N) is 3. The lowest BCUT2D eigenvalue weighted by Gasteiger charge is -2.43. The molecule has 69 heavy (non-hydrogen) atoms. The molecule has 6 heteroatoms. The van der Waals surface area contributed by atoms with Crippen LogP contribution in [-0.2, 0) is 0 Å². The van der Waals surface area contributed by atoms with E-state index in [0.29, 0.717) is 0 Å². The highest BCUT2D eigenvalue weighted by Gasteiger charge is 2.36. The molecule has 334 valence electrons. The van der Waals surface area contributed by atoms with E-state index in [4.69, 9.17) is 0 Å². The van der Waals surface area contributed by atoms with E-state index in [1.54, 1.807) is 0 Å². The van der Waals surface area contributed by atoms with Crippen molar-refractivity contribution in [1.82, 2.24) is 0 Å². The van der Waals surface area contributed by atoms with Crippen LogP contribution in [0.3, 0.4) is 0 Å². The summed E-state index contributed by atoms with van der Waals surface area (Å²) in [4.78, 5) is 11.1. The Hall–Kier alpha value is -7.22. The number of rotatable bonds is 9. The van der Waals surface area contributed by atoms with E-state index in [1.165, 1.54) is 64.5 Å². The summed E-state index contributed by atoms with van der Waals surface area (Å²) in [6.45, 7) is 7.25. The second-order valence-corrected chi connectivity index (χ2v) is 26.4. The Morgan fingerprint density at radius 1 is 0.493 bits per heavy atom. The van der Waals surface area contributed by atoms with Gasteiger partial charge in [-0.25, -0.2) is 0 Å². The molecule has 9 aromatic rings. The standard InChI is InChI=1S/C63H51N3S2Si/c1-69(2,3)55-33-30-47-40-46(28-29-48(47)41-55)49-31-36-62-58(42-49)65(52-20-12-6-13-21-52)56-38-44(26-34-60(56)67-62)24-25-45-27-35-61-57(39-45)66(53-22-14-7-15-23-53)59-43-54(32-37-63(59)68-61)64(50-16-8-4-9-17-50)51-18-10-5-11-19-51/h4-43,59,63H,1-3H3/b25-24+. The minimum Gasteiger partial charge on any atom is -0.332 e. The van der Waals surface area contributed by atoms with Crippen molar-refractivity contribution in [3.05, 3.63) is 247 Å². The summed E-state index contributed by atoms with van der Waals surface area (Å²) in [6, 6.07) is 78.1. The quantitative estimate of drug-likeness (QED) is 0.105. The van der Waals surface area contributed by atoms with Gasteiger partial charge in [0.15, 0.2) is 0 Å². The molecule has 0 spiro atoms. The van der Waals surface area contributed by atoms with Gasteiger partial charge >= 0.3 is 0 Å². The van der Waals surface area contributed by atoms with Gasteiger partial charge in [0.25, 0.3) is 0 Å². The summed E-state index contributed by atoms with van der Waals surface area (Å²) in [5.41, 5.74) is 14.1. The van der Waals surface area contributed by atoms with Crippen molar-refractivity contribution in [2.75, 3.05) is 14.7 Å². The fourth-order valence-corrected chi connectivity index (χ4v) is 13.3. The maximum atomic E-state index is 2.55. The number of fused-ring (bicyclic) bond motifs is 5. The number of benzene rings is 9. The number of hydrogen-bond acceptors (Lipinski definition) is 5. The first-order valence-corrected chi connectivity index (χ1v) is 29.0. The van der Waals surface area contributed by atoms with E-state index < -0.39 is 8.07 Å². The molecular weight excluding hydrogens is 891 g/mol. The molecule has 0 fully saturated rings. The Morgan fingerprint density at radius 2 is 1.03 bits per heavy atom.